The number of nitrogens with one attached hydrogen (secondary N) is 1. The molecule has 0 radical (unpaired) electrons. The van der Waals surface area contributed by atoms with Gasteiger partial charge in [-0.25, -0.2) is 8.78 Å². The third-order valence-corrected chi connectivity index (χ3v) is 3.72. The van der Waals surface area contributed by atoms with Crippen LogP contribution in [0.5, 0.6) is 0 Å². The van der Waals surface area contributed by atoms with Gasteiger partial charge in [-0.3, -0.25) is 0 Å². The lowest BCUT2D eigenvalue weighted by atomic mass is 9.97. The van der Waals surface area contributed by atoms with Gasteiger partial charge in [0.05, 0.1) is 0 Å². The number of aryl methyl sites for hydroxylation is 1. The van der Waals surface area contributed by atoms with Gasteiger partial charge in [-0.15, -0.1) is 0 Å². The van der Waals surface area contributed by atoms with Crippen LogP contribution in [0.3, 0.4) is 0 Å². The zero-order valence-electron chi connectivity index (χ0n) is 11.4. The van der Waals surface area contributed by atoms with E-state index in [0.29, 0.717) is 11.6 Å². The van der Waals surface area contributed by atoms with Crippen LogP contribution < -0.4 is 5.32 Å². The van der Waals surface area contributed by atoms with Crippen molar-refractivity contribution in [1.29, 1.82) is 0 Å². The first kappa shape index (κ1) is 13.3. The standard InChI is InChI=1S/C17H17F2N/c1-11-5-6-12(10-20-13-7-8-13)9-15(11)14-3-2-4-16(18)17(14)19/h2-6,9,13,20H,7-8,10H2,1H3. The van der Waals surface area contributed by atoms with Crippen molar-refractivity contribution in [2.75, 3.05) is 0 Å². The Morgan fingerprint density at radius 2 is 1.90 bits per heavy atom. The van der Waals surface area contributed by atoms with Crippen LogP contribution >= 0.6 is 0 Å². The number of hydrogen-bond donors (Lipinski definition) is 1. The number of hydrogen-bond acceptors (Lipinski definition) is 1. The second-order valence-corrected chi connectivity index (χ2v) is 5.41. The molecule has 0 heterocycles. The molecule has 0 bridgehead atoms. The summed E-state index contributed by atoms with van der Waals surface area (Å²) in [6.45, 7) is 2.69. The van der Waals surface area contributed by atoms with E-state index < -0.39 is 11.6 Å². The van der Waals surface area contributed by atoms with Crippen molar-refractivity contribution >= 4 is 0 Å². The molecule has 0 aromatic heterocycles. The molecule has 0 amide bonds. The summed E-state index contributed by atoms with van der Waals surface area (Å²) in [5.41, 5.74) is 3.14. The van der Waals surface area contributed by atoms with Gasteiger partial charge in [-0.2, -0.15) is 0 Å². The van der Waals surface area contributed by atoms with Crippen LogP contribution in [-0.2, 0) is 6.54 Å². The average Bonchev–Trinajstić information content (AvgIpc) is 3.25. The Morgan fingerprint density at radius 1 is 1.10 bits per heavy atom. The van der Waals surface area contributed by atoms with Crippen molar-refractivity contribution < 1.29 is 8.78 Å². The highest BCUT2D eigenvalue weighted by atomic mass is 19.2. The van der Waals surface area contributed by atoms with E-state index in [1.165, 1.54) is 12.8 Å². The molecule has 0 aliphatic heterocycles. The second-order valence-electron chi connectivity index (χ2n) is 5.41. The fourth-order valence-electron chi connectivity index (χ4n) is 2.33. The largest absolute Gasteiger partial charge is 0.310 e. The van der Waals surface area contributed by atoms with Gasteiger partial charge < -0.3 is 5.32 Å². The normalized spacial score (nSPS) is 14.6. The first-order chi connectivity index (χ1) is 9.65. The first-order valence-electron chi connectivity index (χ1n) is 6.92. The van der Waals surface area contributed by atoms with Crippen LogP contribution in [0.4, 0.5) is 8.78 Å². The Kier molecular flexibility index (Phi) is 3.53. The molecule has 1 nitrogen and oxygen atoms in total. The summed E-state index contributed by atoms with van der Waals surface area (Å²) < 4.78 is 27.3. The zero-order valence-corrected chi connectivity index (χ0v) is 11.4. The minimum absolute atomic E-state index is 0.329. The van der Waals surface area contributed by atoms with Crippen LogP contribution in [0.1, 0.15) is 24.0 Å². The highest BCUT2D eigenvalue weighted by Crippen LogP contribution is 2.28. The van der Waals surface area contributed by atoms with Crippen LogP contribution in [-0.4, -0.2) is 6.04 Å². The van der Waals surface area contributed by atoms with Gasteiger partial charge in [0.15, 0.2) is 11.6 Å². The highest BCUT2D eigenvalue weighted by Gasteiger charge is 2.20. The van der Waals surface area contributed by atoms with Crippen LogP contribution in [0.2, 0.25) is 0 Å². The second kappa shape index (κ2) is 5.33. The predicted octanol–water partition coefficient (Wildman–Crippen LogP) is 4.19. The molecule has 3 heteroatoms. The fraction of sp³-hybridized carbons (Fsp3) is 0.294. The molecule has 1 aliphatic rings. The Labute approximate surface area is 117 Å². The summed E-state index contributed by atoms with van der Waals surface area (Å²) in [7, 11) is 0. The number of benzene rings is 2. The lowest BCUT2D eigenvalue weighted by Gasteiger charge is -2.11. The van der Waals surface area contributed by atoms with Gasteiger partial charge in [0.1, 0.15) is 0 Å². The van der Waals surface area contributed by atoms with E-state index >= 15 is 0 Å². The van der Waals surface area contributed by atoms with Crippen molar-refractivity contribution in [3.8, 4) is 11.1 Å². The summed E-state index contributed by atoms with van der Waals surface area (Å²) >= 11 is 0. The molecule has 0 unspecified atom stereocenters. The average molecular weight is 273 g/mol. The zero-order chi connectivity index (χ0) is 14.1. The quantitative estimate of drug-likeness (QED) is 0.880. The molecule has 1 fully saturated rings. The molecule has 104 valence electrons. The molecule has 3 rings (SSSR count). The van der Waals surface area contributed by atoms with E-state index in [0.717, 1.165) is 29.3 Å². The molecule has 1 aliphatic carbocycles. The predicted molar refractivity (Wildman–Crippen MR) is 76.4 cm³/mol. The summed E-state index contributed by atoms with van der Waals surface area (Å²) in [6, 6.07) is 10.9. The van der Waals surface area contributed by atoms with Gasteiger partial charge in [-0.05, 0) is 48.6 Å². The topological polar surface area (TPSA) is 12.0 Å². The SMILES string of the molecule is Cc1ccc(CNC2CC2)cc1-c1cccc(F)c1F. The monoisotopic (exact) mass is 273 g/mol. The van der Waals surface area contributed by atoms with E-state index in [4.69, 9.17) is 0 Å². The van der Waals surface area contributed by atoms with Crippen molar-refractivity contribution in [2.24, 2.45) is 0 Å². The lowest BCUT2D eigenvalue weighted by molar-refractivity contribution is 0.511. The molecule has 0 spiro atoms. The van der Waals surface area contributed by atoms with Crippen molar-refractivity contribution in [3.63, 3.8) is 0 Å². The summed E-state index contributed by atoms with van der Waals surface area (Å²) in [5, 5.41) is 3.43. The third kappa shape index (κ3) is 2.73. The third-order valence-electron chi connectivity index (χ3n) is 3.72. The Bertz CT molecular complexity index is 633. The Balaban J connectivity index is 1.94. The van der Waals surface area contributed by atoms with Gasteiger partial charge in [0.25, 0.3) is 0 Å². The van der Waals surface area contributed by atoms with Crippen LogP contribution in [0.25, 0.3) is 11.1 Å². The molecule has 1 saturated carbocycles. The fourth-order valence-corrected chi connectivity index (χ4v) is 2.33. The lowest BCUT2D eigenvalue weighted by Crippen LogP contribution is -2.15. The molecular weight excluding hydrogens is 256 g/mol. The van der Waals surface area contributed by atoms with Crippen LogP contribution in [0.15, 0.2) is 36.4 Å². The molecular formula is C17H17F2N. The Hall–Kier alpha value is -1.74. The minimum Gasteiger partial charge on any atom is -0.310 e. The van der Waals surface area contributed by atoms with Crippen molar-refractivity contribution in [1.82, 2.24) is 5.32 Å². The summed E-state index contributed by atoms with van der Waals surface area (Å²) in [5.74, 6) is -1.58. The first-order valence-corrected chi connectivity index (χ1v) is 6.92. The number of rotatable bonds is 4. The smallest absolute Gasteiger partial charge is 0.166 e. The van der Waals surface area contributed by atoms with Crippen molar-refractivity contribution in [2.45, 2.75) is 32.4 Å². The Morgan fingerprint density at radius 3 is 2.65 bits per heavy atom. The van der Waals surface area contributed by atoms with E-state index in [2.05, 4.69) is 5.32 Å². The van der Waals surface area contributed by atoms with Gasteiger partial charge in [-0.1, -0.05) is 24.3 Å². The highest BCUT2D eigenvalue weighted by molar-refractivity contribution is 5.68. The van der Waals surface area contributed by atoms with E-state index in [-0.39, 0.29) is 0 Å². The van der Waals surface area contributed by atoms with Crippen molar-refractivity contribution in [3.05, 3.63) is 59.2 Å². The molecule has 0 saturated heterocycles. The number of halogens is 2. The van der Waals surface area contributed by atoms with E-state index in [1.807, 2.05) is 25.1 Å². The maximum atomic E-state index is 13.9. The van der Waals surface area contributed by atoms with Crippen LogP contribution in [0, 0.1) is 18.6 Å². The van der Waals surface area contributed by atoms with E-state index in [1.54, 1.807) is 12.1 Å². The summed E-state index contributed by atoms with van der Waals surface area (Å²) in [4.78, 5) is 0. The molecule has 2 aromatic carbocycles. The molecule has 1 N–H and O–H groups in total. The van der Waals surface area contributed by atoms with E-state index in [9.17, 15) is 8.78 Å². The summed E-state index contributed by atoms with van der Waals surface area (Å²) in [6.07, 6.45) is 2.47. The minimum atomic E-state index is -0.802. The molecule has 2 aromatic rings. The molecule has 20 heavy (non-hydrogen) atoms. The van der Waals surface area contributed by atoms with Gasteiger partial charge in [0.2, 0.25) is 0 Å². The maximum absolute atomic E-state index is 13.9. The molecule has 0 atom stereocenters. The maximum Gasteiger partial charge on any atom is 0.166 e. The van der Waals surface area contributed by atoms with Gasteiger partial charge in [0, 0.05) is 18.2 Å². The van der Waals surface area contributed by atoms with Gasteiger partial charge >= 0.3 is 0 Å².